The van der Waals surface area contributed by atoms with Crippen LogP contribution in [0, 0.1) is 0 Å². The van der Waals surface area contributed by atoms with Crippen molar-refractivity contribution in [1.29, 1.82) is 0 Å². The van der Waals surface area contributed by atoms with E-state index in [1.165, 1.54) is 19.3 Å². The number of ether oxygens (including phenoxy) is 1. The third-order valence-corrected chi connectivity index (χ3v) is 3.77. The molecule has 1 amide bonds. The summed E-state index contributed by atoms with van der Waals surface area (Å²) in [6.45, 7) is 1.75. The molecule has 4 heteroatoms. The largest absolute Gasteiger partial charge is 0.479 e. The molecule has 1 aliphatic carbocycles. The van der Waals surface area contributed by atoms with Gasteiger partial charge < -0.3 is 10.1 Å². The second kappa shape index (κ2) is 6.80. The van der Waals surface area contributed by atoms with Crippen molar-refractivity contribution in [3.63, 3.8) is 0 Å². The molecule has 0 heterocycles. The lowest BCUT2D eigenvalue weighted by molar-refractivity contribution is -0.128. The number of nitrogens with one attached hydrogen (secondary N) is 1. The Hall–Kier alpha value is -1.22. The first-order chi connectivity index (χ1) is 9.16. The molecule has 1 saturated carbocycles. The molecule has 0 unspecified atom stereocenters. The quantitative estimate of drug-likeness (QED) is 0.916. The number of rotatable bonds is 4. The van der Waals surface area contributed by atoms with Crippen LogP contribution in [0.25, 0.3) is 0 Å². The summed E-state index contributed by atoms with van der Waals surface area (Å²) in [5.74, 6) is 0.488. The zero-order valence-electron chi connectivity index (χ0n) is 11.2. The standard InChI is InChI=1S/C15H20ClNO2/c1-11(19-14-10-6-5-9-13(14)16)15(18)17-12-7-3-2-4-8-12/h5-6,9-12H,2-4,7-8H2,1H3,(H,17,18)/t11-/m1/s1. The minimum Gasteiger partial charge on any atom is -0.479 e. The highest BCUT2D eigenvalue weighted by atomic mass is 35.5. The van der Waals surface area contributed by atoms with Gasteiger partial charge in [-0.05, 0) is 31.9 Å². The second-order valence-corrected chi connectivity index (χ2v) is 5.44. The molecule has 0 saturated heterocycles. The van der Waals surface area contributed by atoms with Gasteiger partial charge in [-0.1, -0.05) is 43.0 Å². The molecule has 2 rings (SSSR count). The van der Waals surface area contributed by atoms with Crippen molar-refractivity contribution in [2.75, 3.05) is 0 Å². The fourth-order valence-electron chi connectivity index (χ4n) is 2.35. The second-order valence-electron chi connectivity index (χ2n) is 5.03. The van der Waals surface area contributed by atoms with Gasteiger partial charge in [0.25, 0.3) is 5.91 Å². The minimum atomic E-state index is -0.526. The summed E-state index contributed by atoms with van der Waals surface area (Å²) < 4.78 is 5.60. The predicted molar refractivity (Wildman–Crippen MR) is 76.6 cm³/mol. The van der Waals surface area contributed by atoms with Gasteiger partial charge in [0.1, 0.15) is 5.75 Å². The van der Waals surface area contributed by atoms with Crippen LogP contribution < -0.4 is 10.1 Å². The maximum Gasteiger partial charge on any atom is 0.260 e. The number of para-hydroxylation sites is 1. The van der Waals surface area contributed by atoms with Crippen molar-refractivity contribution in [1.82, 2.24) is 5.32 Å². The van der Waals surface area contributed by atoms with Crippen LogP contribution in [0.1, 0.15) is 39.0 Å². The van der Waals surface area contributed by atoms with Crippen LogP contribution in [0.2, 0.25) is 5.02 Å². The van der Waals surface area contributed by atoms with Crippen molar-refractivity contribution in [2.24, 2.45) is 0 Å². The molecule has 19 heavy (non-hydrogen) atoms. The van der Waals surface area contributed by atoms with Gasteiger partial charge in [-0.25, -0.2) is 0 Å². The zero-order chi connectivity index (χ0) is 13.7. The Kier molecular flexibility index (Phi) is 5.08. The van der Waals surface area contributed by atoms with Crippen molar-refractivity contribution < 1.29 is 9.53 Å². The van der Waals surface area contributed by atoms with Crippen LogP contribution >= 0.6 is 11.6 Å². The van der Waals surface area contributed by atoms with Crippen LogP contribution in [-0.4, -0.2) is 18.1 Å². The average molecular weight is 282 g/mol. The van der Waals surface area contributed by atoms with Gasteiger partial charge in [-0.15, -0.1) is 0 Å². The molecule has 1 fully saturated rings. The van der Waals surface area contributed by atoms with E-state index in [1.807, 2.05) is 12.1 Å². The molecule has 0 radical (unpaired) electrons. The van der Waals surface area contributed by atoms with Crippen LogP contribution in [0.5, 0.6) is 5.75 Å². The number of hydrogen-bond acceptors (Lipinski definition) is 2. The van der Waals surface area contributed by atoms with Crippen LogP contribution in [0.3, 0.4) is 0 Å². The van der Waals surface area contributed by atoms with Gasteiger partial charge in [0.15, 0.2) is 6.10 Å². The highest BCUT2D eigenvalue weighted by molar-refractivity contribution is 6.32. The Morgan fingerprint density at radius 1 is 1.32 bits per heavy atom. The number of carbonyl (C=O) groups excluding carboxylic acids is 1. The van der Waals surface area contributed by atoms with Gasteiger partial charge >= 0.3 is 0 Å². The molecule has 0 spiro atoms. The third kappa shape index (κ3) is 4.13. The van der Waals surface area contributed by atoms with E-state index < -0.39 is 6.10 Å². The van der Waals surface area contributed by atoms with E-state index in [2.05, 4.69) is 5.32 Å². The van der Waals surface area contributed by atoms with Crippen molar-refractivity contribution in [3.8, 4) is 5.75 Å². The average Bonchev–Trinajstić information content (AvgIpc) is 2.42. The molecule has 0 aliphatic heterocycles. The molecule has 1 aliphatic rings. The molecule has 0 aromatic heterocycles. The van der Waals surface area contributed by atoms with E-state index in [9.17, 15) is 4.79 Å². The fourth-order valence-corrected chi connectivity index (χ4v) is 2.53. The molecule has 1 aromatic rings. The molecule has 1 N–H and O–H groups in total. The maximum atomic E-state index is 12.0. The van der Waals surface area contributed by atoms with Gasteiger partial charge in [-0.2, -0.15) is 0 Å². The zero-order valence-corrected chi connectivity index (χ0v) is 12.0. The number of carbonyl (C=O) groups is 1. The van der Waals surface area contributed by atoms with Crippen molar-refractivity contribution in [3.05, 3.63) is 29.3 Å². The highest BCUT2D eigenvalue weighted by Gasteiger charge is 2.21. The Morgan fingerprint density at radius 3 is 2.68 bits per heavy atom. The van der Waals surface area contributed by atoms with E-state index in [0.29, 0.717) is 16.8 Å². The lowest BCUT2D eigenvalue weighted by Gasteiger charge is -2.24. The van der Waals surface area contributed by atoms with E-state index in [4.69, 9.17) is 16.3 Å². The Bertz CT molecular complexity index is 430. The topological polar surface area (TPSA) is 38.3 Å². The third-order valence-electron chi connectivity index (χ3n) is 3.46. The monoisotopic (exact) mass is 281 g/mol. The number of amides is 1. The normalized spacial score (nSPS) is 17.8. The molecule has 0 bridgehead atoms. The first-order valence-electron chi connectivity index (χ1n) is 6.88. The lowest BCUT2D eigenvalue weighted by Crippen LogP contribution is -2.43. The summed E-state index contributed by atoms with van der Waals surface area (Å²) in [5, 5.41) is 3.58. The lowest BCUT2D eigenvalue weighted by atomic mass is 9.95. The Morgan fingerprint density at radius 2 is 2.00 bits per heavy atom. The highest BCUT2D eigenvalue weighted by Crippen LogP contribution is 2.24. The van der Waals surface area contributed by atoms with E-state index in [1.54, 1.807) is 19.1 Å². The van der Waals surface area contributed by atoms with E-state index in [0.717, 1.165) is 12.8 Å². The number of halogens is 1. The Labute approximate surface area is 119 Å². The predicted octanol–water partition coefficient (Wildman–Crippen LogP) is 3.56. The van der Waals surface area contributed by atoms with Crippen LogP contribution in [0.4, 0.5) is 0 Å². The smallest absolute Gasteiger partial charge is 0.260 e. The summed E-state index contributed by atoms with van der Waals surface area (Å²) in [6, 6.07) is 7.50. The summed E-state index contributed by atoms with van der Waals surface area (Å²) >= 11 is 6.01. The molecule has 1 atom stereocenters. The summed E-state index contributed by atoms with van der Waals surface area (Å²) in [5.41, 5.74) is 0. The molecule has 3 nitrogen and oxygen atoms in total. The summed E-state index contributed by atoms with van der Waals surface area (Å²) in [7, 11) is 0. The summed E-state index contributed by atoms with van der Waals surface area (Å²) in [4.78, 5) is 12.0. The summed E-state index contributed by atoms with van der Waals surface area (Å²) in [6.07, 6.45) is 5.30. The van der Waals surface area contributed by atoms with Gasteiger partial charge in [0, 0.05) is 6.04 Å². The van der Waals surface area contributed by atoms with Crippen molar-refractivity contribution in [2.45, 2.75) is 51.2 Å². The van der Waals surface area contributed by atoms with E-state index in [-0.39, 0.29) is 5.91 Å². The molecular formula is C15H20ClNO2. The maximum absolute atomic E-state index is 12.0. The first-order valence-corrected chi connectivity index (χ1v) is 7.26. The number of hydrogen-bond donors (Lipinski definition) is 1. The van der Waals surface area contributed by atoms with E-state index >= 15 is 0 Å². The molecule has 104 valence electrons. The van der Waals surface area contributed by atoms with Crippen LogP contribution in [-0.2, 0) is 4.79 Å². The molecule has 1 aromatic carbocycles. The molecular weight excluding hydrogens is 262 g/mol. The Balaban J connectivity index is 1.87. The van der Waals surface area contributed by atoms with Gasteiger partial charge in [0.05, 0.1) is 5.02 Å². The minimum absolute atomic E-state index is 0.0631. The van der Waals surface area contributed by atoms with Gasteiger partial charge in [-0.3, -0.25) is 4.79 Å². The van der Waals surface area contributed by atoms with Crippen molar-refractivity contribution >= 4 is 17.5 Å². The van der Waals surface area contributed by atoms with Gasteiger partial charge in [0.2, 0.25) is 0 Å². The fraction of sp³-hybridized carbons (Fsp3) is 0.533. The first kappa shape index (κ1) is 14.2. The SMILES string of the molecule is C[C@@H](Oc1ccccc1Cl)C(=O)NC1CCCCC1. The number of benzene rings is 1. The van der Waals surface area contributed by atoms with Crippen LogP contribution in [0.15, 0.2) is 24.3 Å².